The first kappa shape index (κ1) is 18.9. The second kappa shape index (κ2) is 10.6. The SMILES string of the molecule is CCCCCCCC(C(O)CCCCC)S(=O)(=O)O. The molecule has 2 N–H and O–H groups in total. The third-order valence-electron chi connectivity index (χ3n) is 3.51. The monoisotopic (exact) mass is 294 g/mol. The van der Waals surface area contributed by atoms with E-state index in [0.717, 1.165) is 51.4 Å². The van der Waals surface area contributed by atoms with Crippen LogP contribution in [0.5, 0.6) is 0 Å². The minimum atomic E-state index is -4.14. The summed E-state index contributed by atoms with van der Waals surface area (Å²) in [6, 6.07) is 0. The Morgan fingerprint density at radius 3 is 1.84 bits per heavy atom. The lowest BCUT2D eigenvalue weighted by Gasteiger charge is -2.20. The first-order valence-electron chi connectivity index (χ1n) is 7.57. The highest BCUT2D eigenvalue weighted by Gasteiger charge is 2.29. The molecule has 0 rings (SSSR count). The maximum atomic E-state index is 11.3. The third kappa shape index (κ3) is 9.41. The summed E-state index contributed by atoms with van der Waals surface area (Å²) < 4.78 is 31.9. The summed E-state index contributed by atoms with van der Waals surface area (Å²) in [5, 5.41) is 8.93. The van der Waals surface area contributed by atoms with E-state index in [1.54, 1.807) is 0 Å². The van der Waals surface area contributed by atoms with E-state index in [1.165, 1.54) is 0 Å². The second-order valence-electron chi connectivity index (χ2n) is 5.32. The molecule has 0 aromatic rings. The molecule has 116 valence electrons. The van der Waals surface area contributed by atoms with Gasteiger partial charge in [0.1, 0.15) is 5.25 Å². The van der Waals surface area contributed by atoms with E-state index in [-0.39, 0.29) is 0 Å². The van der Waals surface area contributed by atoms with Crippen molar-refractivity contribution in [1.82, 2.24) is 0 Å². The molecule has 0 aliphatic heterocycles. The van der Waals surface area contributed by atoms with Crippen LogP contribution in [0.3, 0.4) is 0 Å². The van der Waals surface area contributed by atoms with Crippen molar-refractivity contribution in [2.45, 2.75) is 89.4 Å². The van der Waals surface area contributed by atoms with Gasteiger partial charge in [-0.05, 0) is 12.8 Å². The summed E-state index contributed by atoms with van der Waals surface area (Å²) in [6.07, 6.45) is 7.76. The summed E-state index contributed by atoms with van der Waals surface area (Å²) in [4.78, 5) is 0. The van der Waals surface area contributed by atoms with E-state index < -0.39 is 21.5 Å². The van der Waals surface area contributed by atoms with Gasteiger partial charge in [-0.2, -0.15) is 8.42 Å². The Balaban J connectivity index is 4.16. The molecule has 0 aromatic heterocycles. The zero-order valence-corrected chi connectivity index (χ0v) is 13.2. The lowest BCUT2D eigenvalue weighted by molar-refractivity contribution is 0.146. The molecule has 0 aromatic carbocycles. The smallest absolute Gasteiger partial charge is 0.270 e. The topological polar surface area (TPSA) is 74.6 Å². The van der Waals surface area contributed by atoms with Crippen LogP contribution in [0.4, 0.5) is 0 Å². The van der Waals surface area contributed by atoms with E-state index >= 15 is 0 Å². The van der Waals surface area contributed by atoms with Crippen molar-refractivity contribution in [3.8, 4) is 0 Å². The van der Waals surface area contributed by atoms with Gasteiger partial charge in [0.05, 0.1) is 6.10 Å². The highest BCUT2D eigenvalue weighted by molar-refractivity contribution is 7.86. The van der Waals surface area contributed by atoms with Gasteiger partial charge in [-0.25, -0.2) is 0 Å². The van der Waals surface area contributed by atoms with Crippen LogP contribution in [0.25, 0.3) is 0 Å². The Bertz CT molecular complexity index is 301. The molecule has 0 saturated carbocycles. The average molecular weight is 294 g/mol. The van der Waals surface area contributed by atoms with Crippen molar-refractivity contribution in [3.63, 3.8) is 0 Å². The molecule has 0 radical (unpaired) electrons. The first-order valence-corrected chi connectivity index (χ1v) is 9.08. The van der Waals surface area contributed by atoms with Crippen molar-refractivity contribution in [1.29, 1.82) is 0 Å². The van der Waals surface area contributed by atoms with Crippen LogP contribution < -0.4 is 0 Å². The van der Waals surface area contributed by atoms with Crippen molar-refractivity contribution < 1.29 is 18.1 Å². The number of unbranched alkanes of at least 4 members (excludes halogenated alkanes) is 6. The Morgan fingerprint density at radius 2 is 1.32 bits per heavy atom. The highest BCUT2D eigenvalue weighted by atomic mass is 32.2. The first-order chi connectivity index (χ1) is 8.93. The molecule has 0 amide bonds. The number of aliphatic hydroxyl groups excluding tert-OH is 1. The van der Waals surface area contributed by atoms with Gasteiger partial charge < -0.3 is 5.11 Å². The van der Waals surface area contributed by atoms with Crippen LogP contribution in [0, 0.1) is 0 Å². The van der Waals surface area contributed by atoms with Crippen LogP contribution in [-0.2, 0) is 10.1 Å². The normalized spacial score (nSPS) is 15.4. The zero-order valence-electron chi connectivity index (χ0n) is 12.3. The van der Waals surface area contributed by atoms with Gasteiger partial charge >= 0.3 is 0 Å². The molecule has 0 saturated heterocycles. The summed E-state index contributed by atoms with van der Waals surface area (Å²) in [5.74, 6) is 0. The molecule has 0 aliphatic carbocycles. The molecule has 0 aliphatic rings. The third-order valence-corrected chi connectivity index (χ3v) is 4.82. The number of aliphatic hydroxyl groups is 1. The minimum Gasteiger partial charge on any atom is -0.392 e. The maximum Gasteiger partial charge on any atom is 0.270 e. The quantitative estimate of drug-likeness (QED) is 0.426. The van der Waals surface area contributed by atoms with Crippen LogP contribution in [0.15, 0.2) is 0 Å². The van der Waals surface area contributed by atoms with Crippen LogP contribution >= 0.6 is 0 Å². The molecule has 0 bridgehead atoms. The fraction of sp³-hybridized carbons (Fsp3) is 1.00. The van der Waals surface area contributed by atoms with Gasteiger partial charge in [-0.1, -0.05) is 65.2 Å². The number of hydrogen-bond donors (Lipinski definition) is 2. The molecule has 0 fully saturated rings. The highest BCUT2D eigenvalue weighted by Crippen LogP contribution is 2.19. The van der Waals surface area contributed by atoms with Gasteiger partial charge in [0.15, 0.2) is 0 Å². The minimum absolute atomic E-state index is 0.357. The Morgan fingerprint density at radius 1 is 0.842 bits per heavy atom. The summed E-state index contributed by atoms with van der Waals surface area (Å²) >= 11 is 0. The Hall–Kier alpha value is -0.130. The summed E-state index contributed by atoms with van der Waals surface area (Å²) in [5.41, 5.74) is 0. The molecule has 2 unspecified atom stereocenters. The summed E-state index contributed by atoms with van der Waals surface area (Å²) in [6.45, 7) is 4.18. The Kier molecular flexibility index (Phi) is 10.6. The van der Waals surface area contributed by atoms with Gasteiger partial charge in [-0.15, -0.1) is 0 Å². The van der Waals surface area contributed by atoms with Gasteiger partial charge in [-0.3, -0.25) is 4.55 Å². The molecule has 4 nitrogen and oxygen atoms in total. The molecule has 2 atom stereocenters. The van der Waals surface area contributed by atoms with E-state index in [9.17, 15) is 18.1 Å². The lowest BCUT2D eigenvalue weighted by atomic mass is 10.0. The van der Waals surface area contributed by atoms with Crippen molar-refractivity contribution in [2.24, 2.45) is 0 Å². The number of rotatable bonds is 12. The van der Waals surface area contributed by atoms with Gasteiger partial charge in [0.2, 0.25) is 0 Å². The van der Waals surface area contributed by atoms with Gasteiger partial charge in [0, 0.05) is 0 Å². The molecular weight excluding hydrogens is 264 g/mol. The summed E-state index contributed by atoms with van der Waals surface area (Å²) in [7, 11) is -4.14. The molecule has 5 heteroatoms. The van der Waals surface area contributed by atoms with E-state index in [0.29, 0.717) is 12.8 Å². The molecular formula is C14H30O4S. The van der Waals surface area contributed by atoms with Crippen molar-refractivity contribution in [3.05, 3.63) is 0 Å². The van der Waals surface area contributed by atoms with Crippen molar-refractivity contribution in [2.75, 3.05) is 0 Å². The predicted molar refractivity (Wildman–Crippen MR) is 78.9 cm³/mol. The molecule has 0 heterocycles. The maximum absolute atomic E-state index is 11.3. The average Bonchev–Trinajstić information content (AvgIpc) is 2.32. The predicted octanol–water partition coefficient (Wildman–Crippen LogP) is 3.54. The van der Waals surface area contributed by atoms with Gasteiger partial charge in [0.25, 0.3) is 10.1 Å². The largest absolute Gasteiger partial charge is 0.392 e. The molecule has 19 heavy (non-hydrogen) atoms. The fourth-order valence-electron chi connectivity index (χ4n) is 2.28. The van der Waals surface area contributed by atoms with Crippen LogP contribution in [-0.4, -0.2) is 29.4 Å². The van der Waals surface area contributed by atoms with E-state index in [1.807, 2.05) is 0 Å². The van der Waals surface area contributed by atoms with E-state index in [2.05, 4.69) is 13.8 Å². The lowest BCUT2D eigenvalue weighted by Crippen LogP contribution is -2.33. The Labute approximate surface area is 118 Å². The second-order valence-corrected chi connectivity index (χ2v) is 6.95. The van der Waals surface area contributed by atoms with Crippen molar-refractivity contribution >= 4 is 10.1 Å². The number of hydrogen-bond acceptors (Lipinski definition) is 3. The zero-order chi connectivity index (χ0) is 14.7. The standard InChI is InChI=1S/C14H30O4S/c1-3-5-7-8-10-12-14(19(16,17)18)13(15)11-9-6-4-2/h13-15H,3-12H2,1-2H3,(H,16,17,18). The van der Waals surface area contributed by atoms with Crippen LogP contribution in [0.2, 0.25) is 0 Å². The van der Waals surface area contributed by atoms with E-state index in [4.69, 9.17) is 0 Å². The van der Waals surface area contributed by atoms with Crippen LogP contribution in [0.1, 0.15) is 78.1 Å². The fourth-order valence-corrected chi connectivity index (χ4v) is 3.28. The molecule has 0 spiro atoms.